The maximum Gasteiger partial charge on any atom is 0.750 e. The van der Waals surface area contributed by atoms with Crippen LogP contribution in [0, 0.1) is 0 Å². The van der Waals surface area contributed by atoms with Crippen LogP contribution in [0.15, 0.2) is 48.8 Å². The Labute approximate surface area is 172 Å². The molecule has 4 N–H and O–H groups in total. The van der Waals surface area contributed by atoms with Gasteiger partial charge >= 0.3 is 8.25 Å². The summed E-state index contributed by atoms with van der Waals surface area (Å²) in [4.78, 5) is 3.84. The van der Waals surface area contributed by atoms with Crippen molar-refractivity contribution in [1.29, 1.82) is 0 Å². The van der Waals surface area contributed by atoms with Gasteiger partial charge in [-0.3, -0.25) is 0 Å². The van der Waals surface area contributed by atoms with Crippen LogP contribution in [0.5, 0.6) is 5.75 Å². The zero-order valence-electron chi connectivity index (χ0n) is 16.0. The van der Waals surface area contributed by atoms with E-state index in [9.17, 15) is 19.2 Å². The van der Waals surface area contributed by atoms with Crippen LogP contribution >= 0.6 is 8.25 Å². The number of aliphatic hydroxyl groups is 2. The minimum atomic E-state index is -2.69. The Morgan fingerprint density at radius 2 is 2.00 bits per heavy atom. The van der Waals surface area contributed by atoms with Crippen LogP contribution in [0.3, 0.4) is 0 Å². The number of aromatic nitrogens is 3. The number of ether oxygens (including phenoxy) is 1. The van der Waals surface area contributed by atoms with E-state index in [2.05, 4.69) is 10.1 Å². The molecule has 1 unspecified atom stereocenters. The molecule has 0 saturated carbocycles. The number of hydrogen-bond acceptors (Lipinski definition) is 9. The lowest BCUT2D eigenvalue weighted by molar-refractivity contribution is -0.169. The molecule has 0 amide bonds. The summed E-state index contributed by atoms with van der Waals surface area (Å²) < 4.78 is 42.6. The fourth-order valence-electron chi connectivity index (χ4n) is 2.84. The summed E-state index contributed by atoms with van der Waals surface area (Å²) in [7, 11) is -1.55. The van der Waals surface area contributed by atoms with Crippen LogP contribution in [0.1, 0.15) is 11.8 Å². The van der Waals surface area contributed by atoms with Gasteiger partial charge in [0.25, 0.3) is 0 Å². The van der Waals surface area contributed by atoms with E-state index in [-0.39, 0.29) is 11.5 Å². The molecule has 1 aromatic carbocycles. The number of benzene rings is 1. The van der Waals surface area contributed by atoms with Crippen molar-refractivity contribution < 1.29 is 33.0 Å². The zero-order chi connectivity index (χ0) is 21.7. The lowest BCUT2D eigenvalue weighted by Crippen LogP contribution is -2.52. The van der Waals surface area contributed by atoms with Gasteiger partial charge in [0.05, 0.1) is 5.69 Å². The second-order valence-corrected chi connectivity index (χ2v) is 7.28. The van der Waals surface area contributed by atoms with E-state index in [1.165, 1.54) is 16.9 Å². The molecule has 30 heavy (non-hydrogen) atoms. The number of methoxy groups -OCH3 is 1. The summed E-state index contributed by atoms with van der Waals surface area (Å²) >= 11 is 0. The van der Waals surface area contributed by atoms with E-state index in [1.807, 2.05) is 0 Å². The molecule has 2 aromatic heterocycles. The summed E-state index contributed by atoms with van der Waals surface area (Å²) in [6.45, 7) is -1.89. The topological polar surface area (TPSA) is 141 Å². The van der Waals surface area contributed by atoms with Crippen molar-refractivity contribution >= 4 is 19.6 Å². The molecule has 2 heterocycles. The molecule has 0 aliphatic carbocycles. The van der Waals surface area contributed by atoms with Gasteiger partial charge in [0, 0.05) is 11.7 Å². The van der Waals surface area contributed by atoms with Gasteiger partial charge in [-0.1, -0.05) is 18.2 Å². The third-order valence-corrected chi connectivity index (χ3v) is 5.32. The Morgan fingerprint density at radius 1 is 1.27 bits per heavy atom. The normalized spacial score (nSPS) is 16.1. The van der Waals surface area contributed by atoms with E-state index >= 15 is 0 Å². The molecule has 160 valence electrons. The number of nitrogens with zero attached hydrogens (tertiary/aromatic N) is 3. The lowest BCUT2D eigenvalue weighted by atomic mass is 9.93. The second kappa shape index (κ2) is 9.41. The van der Waals surface area contributed by atoms with Crippen LogP contribution in [0.2, 0.25) is 0 Å². The minimum absolute atomic E-state index is 0.131. The van der Waals surface area contributed by atoms with Crippen molar-refractivity contribution in [2.45, 2.75) is 17.8 Å². The molecule has 0 bridgehead atoms. The standard InChI is InChI=1S/C18H21FN4O6P/c1-27-18(9-19,10-28-30(26)29-12-5-3-2-4-6-12)16(25)15(24)13-7-8-14-17(20)21-11-22-23(13)14/h2-8,11,15-16,24-25H,9-10H2,1H3,(H2,20,21,22)/q+1/t15-,16-,18+/m0/s1. The summed E-state index contributed by atoms with van der Waals surface area (Å²) in [5.74, 6) is 0.458. The third kappa shape index (κ3) is 4.40. The largest absolute Gasteiger partial charge is 0.750 e. The molecule has 10 nitrogen and oxygen atoms in total. The molecular formula is C18H21FN4O6P+. The molecule has 0 fully saturated rings. The van der Waals surface area contributed by atoms with Gasteiger partial charge < -0.3 is 20.7 Å². The van der Waals surface area contributed by atoms with Crippen LogP contribution in [0.25, 0.3) is 5.52 Å². The van der Waals surface area contributed by atoms with Gasteiger partial charge in [-0.05, 0) is 24.3 Å². The number of rotatable bonds is 10. The highest BCUT2D eigenvalue weighted by molar-refractivity contribution is 7.33. The quantitative estimate of drug-likeness (QED) is 0.403. The first-order valence-electron chi connectivity index (χ1n) is 8.80. The fraction of sp³-hybridized carbons (Fsp3) is 0.333. The monoisotopic (exact) mass is 439 g/mol. The Bertz CT molecular complexity index is 1000. The minimum Gasteiger partial charge on any atom is -0.387 e. The number of hydrogen-bond donors (Lipinski definition) is 3. The average molecular weight is 439 g/mol. The molecule has 0 saturated heterocycles. The Balaban J connectivity index is 1.76. The first-order chi connectivity index (χ1) is 14.4. The van der Waals surface area contributed by atoms with Crippen molar-refractivity contribution in [3.63, 3.8) is 0 Å². The number of alkyl halides is 1. The highest BCUT2D eigenvalue weighted by Crippen LogP contribution is 2.34. The maximum absolute atomic E-state index is 14.0. The summed E-state index contributed by atoms with van der Waals surface area (Å²) in [5.41, 5.74) is 4.27. The summed E-state index contributed by atoms with van der Waals surface area (Å²) in [6.07, 6.45) is -2.26. The SMILES string of the molecule is CO[C@](CF)(CO[P+](=O)Oc1ccccc1)[C@@H](O)[C@@H](O)c1ccc2c(N)ncnn12. The van der Waals surface area contributed by atoms with Crippen LogP contribution < -0.4 is 10.3 Å². The number of anilines is 1. The predicted molar refractivity (Wildman–Crippen MR) is 105 cm³/mol. The van der Waals surface area contributed by atoms with E-state index in [0.717, 1.165) is 7.11 Å². The Morgan fingerprint density at radius 3 is 2.67 bits per heavy atom. The Hall–Kier alpha value is -2.69. The lowest BCUT2D eigenvalue weighted by Gasteiger charge is -2.34. The molecular weight excluding hydrogens is 418 g/mol. The number of halogens is 1. The maximum atomic E-state index is 14.0. The fourth-order valence-corrected chi connectivity index (χ4v) is 3.51. The molecule has 0 radical (unpaired) electrons. The Kier molecular flexibility index (Phi) is 6.91. The first-order valence-corrected chi connectivity index (χ1v) is 9.90. The van der Waals surface area contributed by atoms with Crippen LogP contribution in [-0.2, 0) is 13.8 Å². The van der Waals surface area contributed by atoms with E-state index in [4.69, 9.17) is 19.5 Å². The molecule has 3 rings (SSSR count). The first kappa shape index (κ1) is 22.0. The zero-order valence-corrected chi connectivity index (χ0v) is 16.9. The molecule has 12 heteroatoms. The molecule has 0 spiro atoms. The van der Waals surface area contributed by atoms with Crippen molar-refractivity contribution in [2.75, 3.05) is 26.1 Å². The van der Waals surface area contributed by atoms with Gasteiger partial charge in [-0.25, -0.2) is 18.4 Å². The van der Waals surface area contributed by atoms with Crippen molar-refractivity contribution in [3.8, 4) is 5.75 Å². The predicted octanol–water partition coefficient (Wildman–Crippen LogP) is 1.81. The third-order valence-electron chi connectivity index (χ3n) is 4.62. The van der Waals surface area contributed by atoms with Gasteiger partial charge in [-0.2, -0.15) is 5.10 Å². The number of nitrogens with two attached hydrogens (primary N) is 1. The number of fused-ring (bicyclic) bond motifs is 1. The number of para-hydroxylation sites is 1. The number of aliphatic hydroxyl groups excluding tert-OH is 2. The summed E-state index contributed by atoms with van der Waals surface area (Å²) in [5, 5.41) is 25.4. The molecule has 4 atom stereocenters. The highest BCUT2D eigenvalue weighted by atomic mass is 31.1. The van der Waals surface area contributed by atoms with Gasteiger partial charge in [-0.15, -0.1) is 4.52 Å². The van der Waals surface area contributed by atoms with E-state index in [1.54, 1.807) is 36.4 Å². The number of nitrogen functional groups attached to an aromatic ring is 1. The van der Waals surface area contributed by atoms with Crippen LogP contribution in [-0.4, -0.2) is 56.9 Å². The average Bonchev–Trinajstić information content (AvgIpc) is 3.20. The molecule has 3 aromatic rings. The smallest absolute Gasteiger partial charge is 0.387 e. The van der Waals surface area contributed by atoms with Crippen molar-refractivity contribution in [3.05, 3.63) is 54.5 Å². The van der Waals surface area contributed by atoms with Gasteiger partial charge in [0.15, 0.2) is 17.2 Å². The molecule has 0 aliphatic rings. The summed E-state index contributed by atoms with van der Waals surface area (Å²) in [6, 6.07) is 11.3. The second-order valence-electron chi connectivity index (χ2n) is 6.39. The van der Waals surface area contributed by atoms with Crippen LogP contribution in [0.4, 0.5) is 10.2 Å². The van der Waals surface area contributed by atoms with Crippen molar-refractivity contribution in [1.82, 2.24) is 14.6 Å². The molecule has 0 aliphatic heterocycles. The van der Waals surface area contributed by atoms with E-state index in [0.29, 0.717) is 11.3 Å². The highest BCUT2D eigenvalue weighted by Gasteiger charge is 2.47. The van der Waals surface area contributed by atoms with Gasteiger partial charge in [0.1, 0.15) is 37.3 Å². The van der Waals surface area contributed by atoms with Gasteiger partial charge in [0.2, 0.25) is 0 Å². The van der Waals surface area contributed by atoms with E-state index < -0.39 is 39.3 Å². The van der Waals surface area contributed by atoms with Crippen molar-refractivity contribution in [2.24, 2.45) is 0 Å².